The largest absolute Gasteiger partial charge is 0.356 e. The van der Waals surface area contributed by atoms with E-state index in [1.54, 1.807) is 29.2 Å². The van der Waals surface area contributed by atoms with Crippen molar-refractivity contribution in [1.82, 2.24) is 9.46 Å². The van der Waals surface area contributed by atoms with E-state index in [1.807, 2.05) is 18.2 Å². The van der Waals surface area contributed by atoms with E-state index in [9.17, 15) is 8.42 Å². The molecule has 3 rings (SSSR count). The van der Waals surface area contributed by atoms with Crippen LogP contribution in [0.4, 0.5) is 0 Å². The summed E-state index contributed by atoms with van der Waals surface area (Å²) < 4.78 is 32.2. The second-order valence-electron chi connectivity index (χ2n) is 5.67. The molecule has 2 atom stereocenters. The molecule has 5 nitrogen and oxygen atoms in total. The molecule has 0 amide bonds. The van der Waals surface area contributed by atoms with E-state index < -0.39 is 10.0 Å². The molecular weight excluding hydrogens is 320 g/mol. The van der Waals surface area contributed by atoms with E-state index in [-0.39, 0.29) is 11.8 Å². The fourth-order valence-electron chi connectivity index (χ4n) is 3.12. The molecule has 2 aromatic rings. The predicted molar refractivity (Wildman–Crippen MR) is 89.3 cm³/mol. The van der Waals surface area contributed by atoms with Crippen LogP contribution in [-0.2, 0) is 15.8 Å². The highest BCUT2D eigenvalue weighted by molar-refractivity contribution is 7.99. The van der Waals surface area contributed by atoms with Crippen molar-refractivity contribution in [3.8, 4) is 0 Å². The molecule has 7 heteroatoms. The van der Waals surface area contributed by atoms with Gasteiger partial charge in [-0.05, 0) is 31.2 Å². The van der Waals surface area contributed by atoms with Gasteiger partial charge in [0.2, 0.25) is 10.0 Å². The van der Waals surface area contributed by atoms with Crippen LogP contribution in [0.1, 0.15) is 25.0 Å². The van der Waals surface area contributed by atoms with Gasteiger partial charge in [0.05, 0.1) is 0 Å². The summed E-state index contributed by atoms with van der Waals surface area (Å²) in [5.74, 6) is -0.113. The van der Waals surface area contributed by atoms with Crippen LogP contribution in [0.5, 0.6) is 0 Å². The number of para-hydroxylation sites is 1. The van der Waals surface area contributed by atoms with Crippen molar-refractivity contribution in [3.05, 3.63) is 30.0 Å². The zero-order chi connectivity index (χ0) is 15.7. The second-order valence-corrected chi connectivity index (χ2v) is 8.78. The lowest BCUT2D eigenvalue weighted by molar-refractivity contribution is 0.376. The van der Waals surface area contributed by atoms with E-state index >= 15 is 0 Å². The summed E-state index contributed by atoms with van der Waals surface area (Å²) in [5, 5.41) is 5.10. The first kappa shape index (κ1) is 15.8. The molecule has 0 bridgehead atoms. The number of thioether (sulfide) groups is 1. The first-order valence-electron chi connectivity index (χ1n) is 7.34. The summed E-state index contributed by atoms with van der Waals surface area (Å²) >= 11 is 1.76. The van der Waals surface area contributed by atoms with Crippen molar-refractivity contribution >= 4 is 32.8 Å². The molecule has 2 unspecified atom stereocenters. The summed E-state index contributed by atoms with van der Waals surface area (Å²) in [6, 6.07) is 7.43. The second kappa shape index (κ2) is 6.22. The number of hydrogen-bond acceptors (Lipinski definition) is 5. The Morgan fingerprint density at radius 2 is 2.14 bits per heavy atom. The van der Waals surface area contributed by atoms with Gasteiger partial charge in [0.1, 0.15) is 11.4 Å². The van der Waals surface area contributed by atoms with Gasteiger partial charge in [0.25, 0.3) is 0 Å². The van der Waals surface area contributed by atoms with Crippen molar-refractivity contribution in [1.29, 1.82) is 0 Å². The first-order chi connectivity index (χ1) is 10.5. The third-order valence-electron chi connectivity index (χ3n) is 4.40. The van der Waals surface area contributed by atoms with Gasteiger partial charge in [0, 0.05) is 23.7 Å². The molecule has 1 aromatic carbocycles. The Morgan fingerprint density at radius 3 is 2.91 bits per heavy atom. The van der Waals surface area contributed by atoms with Crippen LogP contribution >= 0.6 is 11.8 Å². The highest BCUT2D eigenvalue weighted by Gasteiger charge is 2.36. The lowest BCUT2D eigenvalue weighted by Crippen LogP contribution is -2.41. The van der Waals surface area contributed by atoms with Crippen molar-refractivity contribution in [2.24, 2.45) is 0 Å². The average molecular weight is 340 g/mol. The standard InChI is InChI=1S/C15H20N2O3S2/c1-17(13-7-5-9-15(13)21-2)22(18,19)10-12-11-6-3-4-8-14(11)20-16-12/h3-4,6,8,13,15H,5,7,9-10H2,1-2H3. The Morgan fingerprint density at radius 1 is 1.36 bits per heavy atom. The molecule has 0 radical (unpaired) electrons. The Bertz CT molecular complexity index is 757. The molecule has 120 valence electrons. The van der Waals surface area contributed by atoms with Crippen LogP contribution < -0.4 is 0 Å². The molecule has 1 saturated carbocycles. The minimum Gasteiger partial charge on any atom is -0.356 e. The van der Waals surface area contributed by atoms with Crippen molar-refractivity contribution in [2.45, 2.75) is 36.3 Å². The van der Waals surface area contributed by atoms with Gasteiger partial charge >= 0.3 is 0 Å². The van der Waals surface area contributed by atoms with E-state index in [0.717, 1.165) is 24.6 Å². The third kappa shape index (κ3) is 2.89. The minimum absolute atomic E-state index is 0.0816. The van der Waals surface area contributed by atoms with Crippen molar-refractivity contribution in [2.75, 3.05) is 13.3 Å². The van der Waals surface area contributed by atoms with Gasteiger partial charge in [-0.2, -0.15) is 11.8 Å². The van der Waals surface area contributed by atoms with Crippen LogP contribution in [0, 0.1) is 0 Å². The first-order valence-corrected chi connectivity index (χ1v) is 10.2. The van der Waals surface area contributed by atoms with Crippen LogP contribution in [0.25, 0.3) is 11.0 Å². The molecule has 0 N–H and O–H groups in total. The molecule has 1 aromatic heterocycles. The zero-order valence-corrected chi connectivity index (χ0v) is 14.4. The lowest BCUT2D eigenvalue weighted by Gasteiger charge is -2.27. The minimum atomic E-state index is -3.40. The molecule has 1 aliphatic carbocycles. The molecule has 0 saturated heterocycles. The molecule has 0 aliphatic heterocycles. The maximum Gasteiger partial charge on any atom is 0.220 e. The summed E-state index contributed by atoms with van der Waals surface area (Å²) in [5.41, 5.74) is 1.11. The molecule has 1 aliphatic rings. The molecule has 1 fully saturated rings. The Hall–Kier alpha value is -1.05. The van der Waals surface area contributed by atoms with E-state index in [2.05, 4.69) is 11.4 Å². The van der Waals surface area contributed by atoms with Gasteiger partial charge in [-0.1, -0.05) is 23.7 Å². The highest BCUT2D eigenvalue weighted by Crippen LogP contribution is 2.33. The Labute approximate surface area is 135 Å². The quantitative estimate of drug-likeness (QED) is 0.837. The van der Waals surface area contributed by atoms with Crippen LogP contribution in [0.15, 0.2) is 28.8 Å². The summed E-state index contributed by atoms with van der Waals surface area (Å²) in [4.78, 5) is 0. The molecule has 0 spiro atoms. The normalized spacial score (nSPS) is 22.7. The van der Waals surface area contributed by atoms with E-state index in [4.69, 9.17) is 4.52 Å². The smallest absolute Gasteiger partial charge is 0.220 e. The number of fused-ring (bicyclic) bond motifs is 1. The monoisotopic (exact) mass is 340 g/mol. The van der Waals surface area contributed by atoms with Gasteiger partial charge < -0.3 is 4.52 Å². The number of sulfonamides is 1. The Kier molecular flexibility index (Phi) is 4.47. The SMILES string of the molecule is CSC1CCCC1N(C)S(=O)(=O)Cc1noc2ccccc12. The maximum atomic E-state index is 12.7. The van der Waals surface area contributed by atoms with Crippen LogP contribution in [0.3, 0.4) is 0 Å². The van der Waals surface area contributed by atoms with E-state index in [0.29, 0.717) is 16.5 Å². The van der Waals surface area contributed by atoms with Gasteiger partial charge in [-0.15, -0.1) is 0 Å². The van der Waals surface area contributed by atoms with Crippen molar-refractivity contribution in [3.63, 3.8) is 0 Å². The lowest BCUT2D eigenvalue weighted by atomic mass is 10.2. The van der Waals surface area contributed by atoms with Crippen molar-refractivity contribution < 1.29 is 12.9 Å². The number of rotatable bonds is 5. The van der Waals surface area contributed by atoms with Gasteiger partial charge in [-0.25, -0.2) is 12.7 Å². The summed E-state index contributed by atoms with van der Waals surface area (Å²) in [7, 11) is -1.71. The van der Waals surface area contributed by atoms with Gasteiger partial charge in [0.15, 0.2) is 5.58 Å². The van der Waals surface area contributed by atoms with Gasteiger partial charge in [-0.3, -0.25) is 0 Å². The molecule has 22 heavy (non-hydrogen) atoms. The fraction of sp³-hybridized carbons (Fsp3) is 0.533. The third-order valence-corrected chi connectivity index (χ3v) is 7.34. The number of nitrogens with zero attached hydrogens (tertiary/aromatic N) is 2. The average Bonchev–Trinajstić information content (AvgIpc) is 3.13. The van der Waals surface area contributed by atoms with Crippen LogP contribution in [0.2, 0.25) is 0 Å². The molecule has 1 heterocycles. The van der Waals surface area contributed by atoms with E-state index in [1.165, 1.54) is 0 Å². The summed E-state index contributed by atoms with van der Waals surface area (Å²) in [6.07, 6.45) is 5.15. The number of benzene rings is 1. The maximum absolute atomic E-state index is 12.7. The number of hydrogen-bond donors (Lipinski definition) is 0. The topological polar surface area (TPSA) is 63.4 Å². The Balaban J connectivity index is 1.84. The van der Waals surface area contributed by atoms with Crippen LogP contribution in [-0.4, -0.2) is 42.5 Å². The predicted octanol–water partition coefficient (Wildman–Crippen LogP) is 2.87. The highest BCUT2D eigenvalue weighted by atomic mass is 32.2. The fourth-order valence-corrected chi connectivity index (χ4v) is 5.65. The molecular formula is C15H20N2O3S2. The zero-order valence-electron chi connectivity index (χ0n) is 12.7. The number of aromatic nitrogens is 1. The summed E-state index contributed by atoms with van der Waals surface area (Å²) in [6.45, 7) is 0.